The van der Waals surface area contributed by atoms with Gasteiger partial charge in [-0.1, -0.05) is 18.2 Å². The lowest BCUT2D eigenvalue weighted by atomic mass is 10.2. The van der Waals surface area contributed by atoms with Crippen molar-refractivity contribution in [2.75, 3.05) is 46.8 Å². The van der Waals surface area contributed by atoms with Crippen LogP contribution < -0.4 is 0 Å². The third-order valence-electron chi connectivity index (χ3n) is 5.67. The molecule has 33 heavy (non-hydrogen) atoms. The maximum absolute atomic E-state index is 12.8. The normalized spacial score (nSPS) is 15.2. The van der Waals surface area contributed by atoms with Gasteiger partial charge in [-0.2, -0.15) is 0 Å². The molecule has 2 aromatic carbocycles. The summed E-state index contributed by atoms with van der Waals surface area (Å²) in [5.41, 5.74) is 1.39. The number of sulfonamides is 1. The van der Waals surface area contributed by atoms with Gasteiger partial charge in [0.15, 0.2) is 0 Å². The lowest BCUT2D eigenvalue weighted by Gasteiger charge is -2.34. The number of piperazine rings is 1. The van der Waals surface area contributed by atoms with Crippen LogP contribution in [0.15, 0.2) is 63.9 Å². The van der Waals surface area contributed by atoms with Crippen LogP contribution in [0.4, 0.5) is 0 Å². The Hall–Kier alpha value is -3.08. The van der Waals surface area contributed by atoms with Crippen molar-refractivity contribution in [3.8, 4) is 11.5 Å². The van der Waals surface area contributed by atoms with Gasteiger partial charge in [0.1, 0.15) is 0 Å². The third kappa shape index (κ3) is 5.29. The molecule has 0 unspecified atom stereocenters. The Labute approximate surface area is 193 Å². The maximum atomic E-state index is 12.8. The second kappa shape index (κ2) is 9.82. The number of rotatable bonds is 7. The summed E-state index contributed by atoms with van der Waals surface area (Å²) >= 11 is 0. The van der Waals surface area contributed by atoms with Crippen LogP contribution in [0.3, 0.4) is 0 Å². The first-order valence-electron chi connectivity index (χ1n) is 10.8. The Balaban J connectivity index is 1.27. The van der Waals surface area contributed by atoms with Crippen molar-refractivity contribution < 1.29 is 17.6 Å². The molecule has 3 aromatic rings. The Bertz CT molecular complexity index is 1190. The van der Waals surface area contributed by atoms with Gasteiger partial charge < -0.3 is 9.32 Å². The zero-order chi connectivity index (χ0) is 23.4. The van der Waals surface area contributed by atoms with Gasteiger partial charge >= 0.3 is 0 Å². The van der Waals surface area contributed by atoms with E-state index in [9.17, 15) is 13.2 Å². The first-order chi connectivity index (χ1) is 15.8. The van der Waals surface area contributed by atoms with Gasteiger partial charge in [0.05, 0.1) is 4.90 Å². The highest BCUT2D eigenvalue weighted by Gasteiger charge is 2.23. The van der Waals surface area contributed by atoms with Crippen molar-refractivity contribution in [1.29, 1.82) is 0 Å². The molecule has 0 radical (unpaired) electrons. The van der Waals surface area contributed by atoms with Crippen molar-refractivity contribution in [1.82, 2.24) is 24.3 Å². The smallest absolute Gasteiger partial charge is 0.253 e. The number of carbonyl (C=O) groups excluding carboxylic acids is 1. The number of nitrogens with zero attached hydrogens (tertiary/aromatic N) is 5. The van der Waals surface area contributed by atoms with E-state index in [0.717, 1.165) is 29.5 Å². The van der Waals surface area contributed by atoms with E-state index in [1.165, 1.54) is 26.2 Å². The van der Waals surface area contributed by atoms with Crippen molar-refractivity contribution in [3.05, 3.63) is 66.1 Å². The summed E-state index contributed by atoms with van der Waals surface area (Å²) in [6.07, 6.45) is 0.648. The molecule has 1 aromatic heterocycles. The van der Waals surface area contributed by atoms with Gasteiger partial charge in [0.2, 0.25) is 21.8 Å². The number of hydrogen-bond donors (Lipinski definition) is 0. The minimum Gasteiger partial charge on any atom is -0.421 e. The first-order valence-corrected chi connectivity index (χ1v) is 12.2. The molecule has 2 heterocycles. The molecule has 0 aliphatic carbocycles. The Morgan fingerprint density at radius 3 is 2.27 bits per heavy atom. The zero-order valence-corrected chi connectivity index (χ0v) is 19.5. The standard InChI is InChI=1S/C23H27N5O4S/c1-26(2)33(30,31)20-10-8-19(9-11-20)23(29)28-16-14-27(15-17-28)13-12-21-24-25-22(32-21)18-6-4-3-5-7-18/h3-11H,12-17H2,1-2H3. The molecule has 1 fully saturated rings. The predicted octanol–water partition coefficient (Wildman–Crippen LogP) is 1.99. The van der Waals surface area contributed by atoms with Crippen LogP contribution in [0, 0.1) is 0 Å². The van der Waals surface area contributed by atoms with Crippen LogP contribution in [0.25, 0.3) is 11.5 Å². The van der Waals surface area contributed by atoms with E-state index < -0.39 is 10.0 Å². The molecular formula is C23H27N5O4S. The van der Waals surface area contributed by atoms with Gasteiger partial charge in [-0.25, -0.2) is 12.7 Å². The van der Waals surface area contributed by atoms with Crippen molar-refractivity contribution in [2.24, 2.45) is 0 Å². The highest BCUT2D eigenvalue weighted by molar-refractivity contribution is 7.89. The van der Waals surface area contributed by atoms with Crippen LogP contribution in [-0.4, -0.2) is 85.4 Å². The van der Waals surface area contributed by atoms with E-state index in [2.05, 4.69) is 15.1 Å². The average Bonchev–Trinajstić information content (AvgIpc) is 3.32. The SMILES string of the molecule is CN(C)S(=O)(=O)c1ccc(C(=O)N2CCN(CCc3nnc(-c4ccccc4)o3)CC2)cc1. The van der Waals surface area contributed by atoms with Gasteiger partial charge in [-0.15, -0.1) is 10.2 Å². The average molecular weight is 470 g/mol. The third-order valence-corrected chi connectivity index (χ3v) is 7.50. The highest BCUT2D eigenvalue weighted by Crippen LogP contribution is 2.18. The Morgan fingerprint density at radius 1 is 0.970 bits per heavy atom. The van der Waals surface area contributed by atoms with E-state index in [1.807, 2.05) is 30.3 Å². The molecule has 1 saturated heterocycles. The molecule has 0 atom stereocenters. The van der Waals surface area contributed by atoms with Crippen molar-refractivity contribution >= 4 is 15.9 Å². The molecule has 1 aliphatic rings. The predicted molar refractivity (Wildman–Crippen MR) is 123 cm³/mol. The Morgan fingerprint density at radius 2 is 1.64 bits per heavy atom. The molecule has 1 amide bonds. The highest BCUT2D eigenvalue weighted by atomic mass is 32.2. The first kappa shape index (κ1) is 23.1. The lowest BCUT2D eigenvalue weighted by molar-refractivity contribution is 0.0636. The van der Waals surface area contributed by atoms with Crippen LogP contribution >= 0.6 is 0 Å². The fourth-order valence-corrected chi connectivity index (χ4v) is 4.54. The van der Waals surface area contributed by atoms with Crippen LogP contribution in [-0.2, 0) is 16.4 Å². The number of benzene rings is 2. The zero-order valence-electron chi connectivity index (χ0n) is 18.7. The fraction of sp³-hybridized carbons (Fsp3) is 0.348. The maximum Gasteiger partial charge on any atom is 0.253 e. The number of amides is 1. The van der Waals surface area contributed by atoms with Gasteiger partial charge in [-0.05, 0) is 36.4 Å². The lowest BCUT2D eigenvalue weighted by Crippen LogP contribution is -2.49. The fourth-order valence-electron chi connectivity index (χ4n) is 3.64. The van der Waals surface area contributed by atoms with Gasteiger partial charge in [-0.3, -0.25) is 9.69 Å². The molecule has 174 valence electrons. The molecule has 0 bridgehead atoms. The van der Waals surface area contributed by atoms with E-state index in [1.54, 1.807) is 17.0 Å². The second-order valence-corrected chi connectivity index (χ2v) is 10.2. The minimum atomic E-state index is -3.51. The number of hydrogen-bond acceptors (Lipinski definition) is 7. The molecule has 4 rings (SSSR count). The molecule has 0 N–H and O–H groups in total. The molecule has 1 aliphatic heterocycles. The van der Waals surface area contributed by atoms with Crippen LogP contribution in [0.5, 0.6) is 0 Å². The topological polar surface area (TPSA) is 99.9 Å². The summed E-state index contributed by atoms with van der Waals surface area (Å²) < 4.78 is 31.3. The monoisotopic (exact) mass is 469 g/mol. The largest absolute Gasteiger partial charge is 0.421 e. The number of carbonyl (C=O) groups is 1. The molecule has 0 spiro atoms. The quantitative estimate of drug-likeness (QED) is 0.522. The summed E-state index contributed by atoms with van der Waals surface area (Å²) in [4.78, 5) is 17.1. The summed E-state index contributed by atoms with van der Waals surface area (Å²) in [7, 11) is -0.549. The summed E-state index contributed by atoms with van der Waals surface area (Å²) in [5.74, 6) is 1.03. The number of aromatic nitrogens is 2. The van der Waals surface area contributed by atoms with E-state index in [-0.39, 0.29) is 10.8 Å². The molecule has 0 saturated carbocycles. The molecule has 10 heteroatoms. The van der Waals surface area contributed by atoms with Crippen LogP contribution in [0.1, 0.15) is 16.2 Å². The molecular weight excluding hydrogens is 442 g/mol. The van der Waals surface area contributed by atoms with Crippen LogP contribution in [0.2, 0.25) is 0 Å². The van der Waals surface area contributed by atoms with E-state index in [4.69, 9.17) is 4.42 Å². The summed E-state index contributed by atoms with van der Waals surface area (Å²) in [6.45, 7) is 3.48. The van der Waals surface area contributed by atoms with Gasteiger partial charge in [0.25, 0.3) is 5.91 Å². The minimum absolute atomic E-state index is 0.0899. The second-order valence-electron chi connectivity index (χ2n) is 8.06. The summed E-state index contributed by atoms with van der Waals surface area (Å²) in [5, 5.41) is 8.26. The summed E-state index contributed by atoms with van der Waals surface area (Å²) in [6, 6.07) is 15.8. The van der Waals surface area contributed by atoms with Gasteiger partial charge in [0, 0.05) is 64.4 Å². The molecule has 9 nitrogen and oxygen atoms in total. The van der Waals surface area contributed by atoms with E-state index in [0.29, 0.717) is 36.9 Å². The van der Waals surface area contributed by atoms with Crippen molar-refractivity contribution in [2.45, 2.75) is 11.3 Å². The van der Waals surface area contributed by atoms with Crippen molar-refractivity contribution in [3.63, 3.8) is 0 Å². The van der Waals surface area contributed by atoms with E-state index >= 15 is 0 Å². The Kier molecular flexibility index (Phi) is 6.87.